The summed E-state index contributed by atoms with van der Waals surface area (Å²) in [5.74, 6) is -0.560. The van der Waals surface area contributed by atoms with Gasteiger partial charge in [-0.15, -0.1) is 11.3 Å². The molecule has 3 aromatic rings. The van der Waals surface area contributed by atoms with Crippen LogP contribution in [0.3, 0.4) is 0 Å². The molecule has 4 rings (SSSR count). The molecular weight excluding hydrogens is 408 g/mol. The van der Waals surface area contributed by atoms with Gasteiger partial charge in [0.1, 0.15) is 0 Å². The zero-order chi connectivity index (χ0) is 21.8. The molecule has 0 radical (unpaired) electrons. The maximum Gasteiger partial charge on any atom is 0.251 e. The third kappa shape index (κ3) is 4.86. The van der Waals surface area contributed by atoms with E-state index >= 15 is 0 Å². The summed E-state index contributed by atoms with van der Waals surface area (Å²) >= 11 is 1.68. The van der Waals surface area contributed by atoms with Crippen LogP contribution in [0, 0.1) is 6.92 Å². The topological polar surface area (TPSA) is 72.6 Å². The number of hydrogen-bond donors (Lipinski definition) is 1. The molecule has 0 unspecified atom stereocenters. The quantitative estimate of drug-likeness (QED) is 0.644. The monoisotopic (exact) mass is 434 g/mol. The van der Waals surface area contributed by atoms with Gasteiger partial charge in [-0.1, -0.05) is 60.2 Å². The van der Waals surface area contributed by atoms with Crippen molar-refractivity contribution in [2.75, 3.05) is 19.7 Å². The highest BCUT2D eigenvalue weighted by Crippen LogP contribution is 2.28. The summed E-state index contributed by atoms with van der Waals surface area (Å²) < 4.78 is 5.92. The predicted octanol–water partition coefficient (Wildman–Crippen LogP) is 3.59. The summed E-state index contributed by atoms with van der Waals surface area (Å²) in [6, 6.07) is 20.1. The van der Waals surface area contributed by atoms with E-state index < -0.39 is 11.5 Å². The second-order valence-electron chi connectivity index (χ2n) is 8.04. The lowest BCUT2D eigenvalue weighted by molar-refractivity contribution is -0.163. The van der Waals surface area contributed by atoms with Crippen LogP contribution in [0.1, 0.15) is 16.7 Å². The number of rotatable bonds is 6. The molecule has 6 heteroatoms. The predicted molar refractivity (Wildman–Crippen MR) is 123 cm³/mol. The number of morpholine rings is 1. The number of nitrogens with two attached hydrogens (primary N) is 1. The highest BCUT2D eigenvalue weighted by atomic mass is 32.1. The molecule has 5 nitrogen and oxygen atoms in total. The molecule has 0 spiro atoms. The minimum atomic E-state index is -1.22. The fourth-order valence-electron chi connectivity index (χ4n) is 4.01. The van der Waals surface area contributed by atoms with Crippen molar-refractivity contribution in [1.29, 1.82) is 0 Å². The van der Waals surface area contributed by atoms with Crippen molar-refractivity contribution in [1.82, 2.24) is 4.90 Å². The van der Waals surface area contributed by atoms with Crippen molar-refractivity contribution >= 4 is 23.2 Å². The average Bonchev–Trinajstić information content (AvgIpc) is 3.29. The maximum atomic E-state index is 12.9. The first kappa shape index (κ1) is 21.3. The van der Waals surface area contributed by atoms with Crippen LogP contribution >= 0.6 is 11.3 Å². The van der Waals surface area contributed by atoms with E-state index in [1.807, 2.05) is 66.9 Å². The third-order valence-corrected chi connectivity index (χ3v) is 6.59. The van der Waals surface area contributed by atoms with Gasteiger partial charge in [-0.3, -0.25) is 9.59 Å². The molecule has 0 bridgehead atoms. The van der Waals surface area contributed by atoms with Crippen molar-refractivity contribution < 1.29 is 14.3 Å². The number of benzene rings is 2. The molecular formula is C25H26N2O3S. The maximum absolute atomic E-state index is 12.9. The van der Waals surface area contributed by atoms with E-state index in [0.29, 0.717) is 19.4 Å². The summed E-state index contributed by atoms with van der Waals surface area (Å²) in [5, 5.41) is 2.05. The smallest absolute Gasteiger partial charge is 0.251 e. The molecule has 1 fully saturated rings. The van der Waals surface area contributed by atoms with Crippen LogP contribution < -0.4 is 5.73 Å². The van der Waals surface area contributed by atoms with Gasteiger partial charge in [-0.25, -0.2) is 0 Å². The molecule has 2 amide bonds. The molecule has 1 atom stereocenters. The van der Waals surface area contributed by atoms with Crippen molar-refractivity contribution in [3.05, 3.63) is 82.7 Å². The summed E-state index contributed by atoms with van der Waals surface area (Å²) in [6.45, 7) is 2.91. The van der Waals surface area contributed by atoms with Crippen LogP contribution in [0.2, 0.25) is 0 Å². The summed E-state index contributed by atoms with van der Waals surface area (Å²) in [5.41, 5.74) is 8.74. The SMILES string of the molecule is Cc1cccc(CC(=O)N2CCO[C@](Cc3ccc(-c4cccs4)cc3)(C(N)=O)C2)c1. The van der Waals surface area contributed by atoms with Crippen molar-refractivity contribution in [3.8, 4) is 10.4 Å². The third-order valence-electron chi connectivity index (χ3n) is 5.67. The van der Waals surface area contributed by atoms with Crippen LogP contribution in [0.4, 0.5) is 0 Å². The fourth-order valence-corrected chi connectivity index (χ4v) is 4.74. The molecule has 1 saturated heterocycles. The Morgan fingerprint density at radius 2 is 1.90 bits per heavy atom. The highest BCUT2D eigenvalue weighted by molar-refractivity contribution is 7.13. The summed E-state index contributed by atoms with van der Waals surface area (Å²) in [4.78, 5) is 28.3. The van der Waals surface area contributed by atoms with E-state index in [4.69, 9.17) is 10.5 Å². The number of thiophene rings is 1. The minimum absolute atomic E-state index is 0.0208. The largest absolute Gasteiger partial charge is 0.367 e. The van der Waals surface area contributed by atoms with Gasteiger partial charge in [-0.05, 0) is 35.1 Å². The number of carbonyl (C=O) groups is 2. The van der Waals surface area contributed by atoms with Crippen molar-refractivity contribution in [3.63, 3.8) is 0 Å². The van der Waals surface area contributed by atoms with Crippen LogP contribution in [0.15, 0.2) is 66.0 Å². The molecule has 160 valence electrons. The number of aryl methyl sites for hydroxylation is 1. The van der Waals surface area contributed by atoms with Gasteiger partial charge in [0.05, 0.1) is 19.6 Å². The zero-order valence-corrected chi connectivity index (χ0v) is 18.4. The van der Waals surface area contributed by atoms with Crippen LogP contribution in [-0.4, -0.2) is 42.0 Å². The Balaban J connectivity index is 1.49. The van der Waals surface area contributed by atoms with E-state index in [-0.39, 0.29) is 19.1 Å². The van der Waals surface area contributed by atoms with E-state index in [1.165, 1.54) is 4.88 Å². The Hall–Kier alpha value is -2.96. The van der Waals surface area contributed by atoms with Gasteiger partial charge < -0.3 is 15.4 Å². The van der Waals surface area contributed by atoms with E-state index in [0.717, 1.165) is 22.3 Å². The normalized spacial score (nSPS) is 18.7. The number of carbonyl (C=O) groups excluding carboxylic acids is 2. The summed E-state index contributed by atoms with van der Waals surface area (Å²) in [7, 11) is 0. The van der Waals surface area contributed by atoms with Gasteiger partial charge in [0.25, 0.3) is 5.91 Å². The fraction of sp³-hybridized carbons (Fsp3) is 0.280. The number of nitrogens with zero attached hydrogens (tertiary/aromatic N) is 1. The first-order valence-corrected chi connectivity index (χ1v) is 11.2. The molecule has 0 saturated carbocycles. The van der Waals surface area contributed by atoms with Gasteiger partial charge in [0.2, 0.25) is 5.91 Å². The Morgan fingerprint density at radius 3 is 2.58 bits per heavy atom. The molecule has 1 aliphatic rings. The lowest BCUT2D eigenvalue weighted by atomic mass is 9.91. The second-order valence-corrected chi connectivity index (χ2v) is 8.99. The molecule has 0 aliphatic carbocycles. The van der Waals surface area contributed by atoms with Crippen molar-refractivity contribution in [2.24, 2.45) is 5.73 Å². The molecule has 1 aliphatic heterocycles. The van der Waals surface area contributed by atoms with Crippen LogP contribution in [0.5, 0.6) is 0 Å². The van der Waals surface area contributed by atoms with Crippen molar-refractivity contribution in [2.45, 2.75) is 25.4 Å². The summed E-state index contributed by atoms with van der Waals surface area (Å²) in [6.07, 6.45) is 0.632. The van der Waals surface area contributed by atoms with Crippen LogP contribution in [0.25, 0.3) is 10.4 Å². The number of amides is 2. The lowest BCUT2D eigenvalue weighted by Gasteiger charge is -2.41. The Bertz CT molecular complexity index is 1060. The first-order chi connectivity index (χ1) is 14.9. The standard InChI is InChI=1S/C25H26N2O3S/c1-18-4-2-5-20(14-18)15-23(28)27-11-12-30-25(17-27,24(26)29)16-19-7-9-21(10-8-19)22-6-3-13-31-22/h2-10,13-14H,11-12,15-17H2,1H3,(H2,26,29)/t25-/m0/s1. The lowest BCUT2D eigenvalue weighted by Crippen LogP contribution is -2.61. The Labute approximate surface area is 186 Å². The first-order valence-electron chi connectivity index (χ1n) is 10.4. The number of primary amides is 1. The van der Waals surface area contributed by atoms with Gasteiger partial charge in [-0.2, -0.15) is 0 Å². The molecule has 2 aromatic carbocycles. The van der Waals surface area contributed by atoms with Gasteiger partial charge >= 0.3 is 0 Å². The molecule has 2 heterocycles. The average molecular weight is 435 g/mol. The molecule has 1 aromatic heterocycles. The van der Waals surface area contributed by atoms with Crippen LogP contribution in [-0.2, 0) is 27.2 Å². The van der Waals surface area contributed by atoms with E-state index in [2.05, 4.69) is 6.07 Å². The van der Waals surface area contributed by atoms with E-state index in [9.17, 15) is 9.59 Å². The molecule has 31 heavy (non-hydrogen) atoms. The number of ether oxygens (including phenoxy) is 1. The number of hydrogen-bond acceptors (Lipinski definition) is 4. The van der Waals surface area contributed by atoms with E-state index in [1.54, 1.807) is 16.2 Å². The zero-order valence-electron chi connectivity index (χ0n) is 17.5. The van der Waals surface area contributed by atoms with Gasteiger partial charge in [0, 0.05) is 17.8 Å². The van der Waals surface area contributed by atoms with Gasteiger partial charge in [0.15, 0.2) is 5.60 Å². The minimum Gasteiger partial charge on any atom is -0.367 e. The highest BCUT2D eigenvalue weighted by Gasteiger charge is 2.43. The Morgan fingerprint density at radius 1 is 1.10 bits per heavy atom. The Kier molecular flexibility index (Phi) is 6.20. The second kappa shape index (κ2) is 9.04. The molecule has 2 N–H and O–H groups in total.